The molecule has 0 aliphatic carbocycles. The number of aliphatic imine (C=N–C) groups is 1. The van der Waals surface area contributed by atoms with Crippen LogP contribution in [0.3, 0.4) is 0 Å². The summed E-state index contributed by atoms with van der Waals surface area (Å²) >= 11 is 0. The van der Waals surface area contributed by atoms with E-state index in [2.05, 4.69) is 24.2 Å². The topological polar surface area (TPSA) is 93.5 Å². The zero-order chi connectivity index (χ0) is 12.1. The molecule has 1 unspecified atom stereocenters. The van der Waals surface area contributed by atoms with E-state index in [1.807, 2.05) is 6.08 Å². The van der Waals surface area contributed by atoms with Crippen LogP contribution in [0.5, 0.6) is 0 Å². The Bertz CT molecular complexity index is 316. The normalized spacial score (nSPS) is 21.1. The van der Waals surface area contributed by atoms with Gasteiger partial charge >= 0.3 is 0 Å². The van der Waals surface area contributed by atoms with Crippen LogP contribution in [0, 0.1) is 5.92 Å². The predicted octanol–water partition coefficient (Wildman–Crippen LogP) is 0.468. The molecule has 5 nitrogen and oxygen atoms in total. The lowest BCUT2D eigenvalue weighted by atomic mass is 9.99. The molecule has 90 valence electrons. The fraction of sp³-hybridized carbons (Fsp3) is 0.636. The second-order valence-electron chi connectivity index (χ2n) is 4.46. The molecule has 0 aromatic heterocycles. The fourth-order valence-electron chi connectivity index (χ4n) is 1.72. The van der Waals surface area contributed by atoms with Crippen molar-refractivity contribution in [1.29, 1.82) is 0 Å². The molecule has 0 spiro atoms. The van der Waals surface area contributed by atoms with Gasteiger partial charge in [0.15, 0.2) is 11.7 Å². The number of guanidine groups is 1. The van der Waals surface area contributed by atoms with Crippen LogP contribution in [-0.2, 0) is 4.79 Å². The molecule has 5 heteroatoms. The van der Waals surface area contributed by atoms with Crippen LogP contribution >= 0.6 is 0 Å². The van der Waals surface area contributed by atoms with E-state index in [9.17, 15) is 4.79 Å². The number of allylic oxidation sites excluding steroid dienone is 1. The number of carbonyl (C=O) groups is 1. The third-order valence-electron chi connectivity index (χ3n) is 2.40. The smallest absolute Gasteiger partial charge is 0.192 e. The van der Waals surface area contributed by atoms with Crippen molar-refractivity contribution in [3.05, 3.63) is 11.9 Å². The quantitative estimate of drug-likeness (QED) is 0.480. The van der Waals surface area contributed by atoms with Crippen molar-refractivity contribution in [2.45, 2.75) is 39.2 Å². The Balaban J connectivity index is 2.74. The van der Waals surface area contributed by atoms with Gasteiger partial charge in [-0.3, -0.25) is 4.79 Å². The van der Waals surface area contributed by atoms with Crippen molar-refractivity contribution in [2.24, 2.45) is 22.4 Å². The number of nitrogens with zero attached hydrogens (tertiary/aromatic N) is 1. The molecule has 5 N–H and O–H groups in total. The Labute approximate surface area is 96.0 Å². The maximum Gasteiger partial charge on any atom is 0.192 e. The lowest BCUT2D eigenvalue weighted by molar-refractivity contribution is -0.121. The maximum absolute atomic E-state index is 11.8. The fourth-order valence-corrected chi connectivity index (χ4v) is 1.72. The highest BCUT2D eigenvalue weighted by atomic mass is 16.1. The highest BCUT2D eigenvalue weighted by Crippen LogP contribution is 2.14. The van der Waals surface area contributed by atoms with Crippen LogP contribution in [0.2, 0.25) is 0 Å². The predicted molar refractivity (Wildman–Crippen MR) is 64.5 cm³/mol. The van der Waals surface area contributed by atoms with E-state index in [-0.39, 0.29) is 17.8 Å². The second-order valence-corrected chi connectivity index (χ2v) is 4.46. The van der Waals surface area contributed by atoms with E-state index < -0.39 is 0 Å². The molecule has 0 saturated heterocycles. The molecule has 1 aliphatic rings. The lowest BCUT2D eigenvalue weighted by Crippen LogP contribution is -2.36. The molecule has 1 heterocycles. The Morgan fingerprint density at radius 1 is 1.62 bits per heavy atom. The minimum atomic E-state index is -0.170. The standard InChI is InChI=1S/C11H20N4O/c1-7(2)6-8-9(16)4-3-5-10(14-8)15-11(12)13/h5,7-8,14H,3-4,6H2,1-2H3,(H4,12,13,15). The number of carbonyl (C=O) groups excluding carboxylic acids is 1. The van der Waals surface area contributed by atoms with Gasteiger partial charge in [-0.25, -0.2) is 0 Å². The van der Waals surface area contributed by atoms with Crippen molar-refractivity contribution in [2.75, 3.05) is 0 Å². The summed E-state index contributed by atoms with van der Waals surface area (Å²) in [5.41, 5.74) is 10.6. The molecule has 0 aromatic carbocycles. The monoisotopic (exact) mass is 224 g/mol. The molecular formula is C11H20N4O. The zero-order valence-corrected chi connectivity index (χ0v) is 9.86. The van der Waals surface area contributed by atoms with Gasteiger partial charge in [0.05, 0.1) is 6.04 Å². The molecular weight excluding hydrogens is 204 g/mol. The Kier molecular flexibility index (Phi) is 4.34. The van der Waals surface area contributed by atoms with Gasteiger partial charge in [-0.2, -0.15) is 4.99 Å². The van der Waals surface area contributed by atoms with Gasteiger partial charge in [-0.05, 0) is 24.8 Å². The van der Waals surface area contributed by atoms with Crippen LogP contribution in [0.1, 0.15) is 33.1 Å². The third kappa shape index (κ3) is 3.92. The first kappa shape index (κ1) is 12.5. The van der Waals surface area contributed by atoms with Gasteiger partial charge in [0, 0.05) is 6.42 Å². The summed E-state index contributed by atoms with van der Waals surface area (Å²) in [5, 5.41) is 3.09. The van der Waals surface area contributed by atoms with Gasteiger partial charge in [-0.1, -0.05) is 13.8 Å². The highest BCUT2D eigenvalue weighted by Gasteiger charge is 2.21. The van der Waals surface area contributed by atoms with E-state index in [4.69, 9.17) is 11.5 Å². The molecule has 0 fully saturated rings. The van der Waals surface area contributed by atoms with Crippen molar-refractivity contribution in [1.82, 2.24) is 5.32 Å². The van der Waals surface area contributed by atoms with Crippen molar-refractivity contribution in [3.8, 4) is 0 Å². The summed E-state index contributed by atoms with van der Waals surface area (Å²) in [4.78, 5) is 15.7. The summed E-state index contributed by atoms with van der Waals surface area (Å²) < 4.78 is 0. The van der Waals surface area contributed by atoms with E-state index in [0.717, 1.165) is 6.42 Å². The third-order valence-corrected chi connectivity index (χ3v) is 2.40. The zero-order valence-electron chi connectivity index (χ0n) is 9.86. The van der Waals surface area contributed by atoms with Crippen LogP contribution in [0.4, 0.5) is 0 Å². The molecule has 0 amide bonds. The largest absolute Gasteiger partial charge is 0.370 e. The average Bonchev–Trinajstić information content (AvgIpc) is 2.28. The highest BCUT2D eigenvalue weighted by molar-refractivity contribution is 5.85. The molecule has 0 saturated carbocycles. The van der Waals surface area contributed by atoms with E-state index >= 15 is 0 Å². The van der Waals surface area contributed by atoms with E-state index in [1.165, 1.54) is 0 Å². The van der Waals surface area contributed by atoms with Crippen LogP contribution in [-0.4, -0.2) is 17.8 Å². The van der Waals surface area contributed by atoms with Crippen molar-refractivity contribution < 1.29 is 4.79 Å². The SMILES string of the molecule is CC(C)CC1NC(N=C(N)N)=CCCC1=O. The number of nitrogens with two attached hydrogens (primary N) is 2. The maximum atomic E-state index is 11.8. The van der Waals surface area contributed by atoms with Crippen LogP contribution < -0.4 is 16.8 Å². The second kappa shape index (κ2) is 5.53. The minimum Gasteiger partial charge on any atom is -0.370 e. The summed E-state index contributed by atoms with van der Waals surface area (Å²) in [6.07, 6.45) is 3.90. The summed E-state index contributed by atoms with van der Waals surface area (Å²) in [6, 6.07) is -0.170. The molecule has 1 atom stereocenters. The molecule has 1 aliphatic heterocycles. The Morgan fingerprint density at radius 2 is 2.31 bits per heavy atom. The first-order valence-corrected chi connectivity index (χ1v) is 5.58. The first-order chi connectivity index (χ1) is 7.49. The number of ketones is 1. The first-order valence-electron chi connectivity index (χ1n) is 5.58. The average molecular weight is 224 g/mol. The minimum absolute atomic E-state index is 0.0106. The summed E-state index contributed by atoms with van der Waals surface area (Å²) in [6.45, 7) is 4.17. The number of rotatable bonds is 3. The van der Waals surface area contributed by atoms with Gasteiger partial charge < -0.3 is 16.8 Å². The number of Topliss-reactive ketones (excluding diaryl/α,β-unsaturated/α-hetero) is 1. The number of hydrogen-bond donors (Lipinski definition) is 3. The van der Waals surface area contributed by atoms with Crippen molar-refractivity contribution >= 4 is 11.7 Å². The molecule has 0 aromatic rings. The number of nitrogens with one attached hydrogen (secondary N) is 1. The van der Waals surface area contributed by atoms with Gasteiger partial charge in [-0.15, -0.1) is 0 Å². The van der Waals surface area contributed by atoms with Crippen LogP contribution in [0.25, 0.3) is 0 Å². The lowest BCUT2D eigenvalue weighted by Gasteiger charge is -2.18. The van der Waals surface area contributed by atoms with E-state index in [1.54, 1.807) is 0 Å². The van der Waals surface area contributed by atoms with E-state index in [0.29, 0.717) is 24.6 Å². The number of hydrogen-bond acceptors (Lipinski definition) is 3. The van der Waals surface area contributed by atoms with Gasteiger partial charge in [0.1, 0.15) is 5.82 Å². The van der Waals surface area contributed by atoms with Crippen molar-refractivity contribution in [3.63, 3.8) is 0 Å². The Hall–Kier alpha value is -1.52. The molecule has 0 radical (unpaired) electrons. The Morgan fingerprint density at radius 3 is 2.88 bits per heavy atom. The summed E-state index contributed by atoms with van der Waals surface area (Å²) in [5.74, 6) is 1.30. The van der Waals surface area contributed by atoms with Gasteiger partial charge in [0.2, 0.25) is 0 Å². The molecule has 0 bridgehead atoms. The molecule has 1 rings (SSSR count). The van der Waals surface area contributed by atoms with Crippen LogP contribution in [0.15, 0.2) is 16.9 Å². The molecule has 16 heavy (non-hydrogen) atoms. The summed E-state index contributed by atoms with van der Waals surface area (Å²) in [7, 11) is 0. The van der Waals surface area contributed by atoms with Gasteiger partial charge in [0.25, 0.3) is 0 Å².